The van der Waals surface area contributed by atoms with Crippen molar-refractivity contribution >= 4 is 5.82 Å². The summed E-state index contributed by atoms with van der Waals surface area (Å²) >= 11 is 0. The molecule has 2 N–H and O–H groups in total. The molecule has 1 aromatic heterocycles. The SMILES string of the molecule is CCC(CCN)N1CCN(c2cc(C(C)C)ncn2)CC1. The van der Waals surface area contributed by atoms with Crippen LogP contribution in [0.25, 0.3) is 0 Å². The van der Waals surface area contributed by atoms with Crippen LogP contribution in [-0.4, -0.2) is 53.6 Å². The highest BCUT2D eigenvalue weighted by atomic mass is 15.3. The lowest BCUT2D eigenvalue weighted by molar-refractivity contribution is 0.173. The van der Waals surface area contributed by atoms with Gasteiger partial charge in [-0.05, 0) is 25.3 Å². The van der Waals surface area contributed by atoms with Crippen molar-refractivity contribution < 1.29 is 0 Å². The van der Waals surface area contributed by atoms with Gasteiger partial charge >= 0.3 is 0 Å². The molecule has 5 nitrogen and oxygen atoms in total. The lowest BCUT2D eigenvalue weighted by Crippen LogP contribution is -2.51. The molecule has 1 saturated heterocycles. The van der Waals surface area contributed by atoms with Crippen LogP contribution in [0, 0.1) is 0 Å². The molecule has 21 heavy (non-hydrogen) atoms. The Labute approximate surface area is 128 Å². The lowest BCUT2D eigenvalue weighted by Gasteiger charge is -2.39. The molecule has 2 rings (SSSR count). The van der Waals surface area contributed by atoms with Gasteiger partial charge in [-0.2, -0.15) is 0 Å². The highest BCUT2D eigenvalue weighted by Gasteiger charge is 2.23. The first kappa shape index (κ1) is 16.2. The number of anilines is 1. The molecule has 1 unspecified atom stereocenters. The van der Waals surface area contributed by atoms with E-state index in [1.807, 2.05) is 0 Å². The minimum Gasteiger partial charge on any atom is -0.354 e. The predicted octanol–water partition coefficient (Wildman–Crippen LogP) is 1.85. The van der Waals surface area contributed by atoms with Crippen molar-refractivity contribution in [3.63, 3.8) is 0 Å². The van der Waals surface area contributed by atoms with Crippen LogP contribution in [-0.2, 0) is 0 Å². The fourth-order valence-corrected chi connectivity index (χ4v) is 3.00. The number of aromatic nitrogens is 2. The van der Waals surface area contributed by atoms with Crippen molar-refractivity contribution in [2.75, 3.05) is 37.6 Å². The summed E-state index contributed by atoms with van der Waals surface area (Å²) in [4.78, 5) is 13.8. The van der Waals surface area contributed by atoms with Gasteiger partial charge in [-0.1, -0.05) is 20.8 Å². The molecule has 0 radical (unpaired) electrons. The van der Waals surface area contributed by atoms with Crippen molar-refractivity contribution in [2.24, 2.45) is 5.73 Å². The molecule has 0 amide bonds. The van der Waals surface area contributed by atoms with Crippen LogP contribution in [0.1, 0.15) is 45.2 Å². The monoisotopic (exact) mass is 291 g/mol. The smallest absolute Gasteiger partial charge is 0.132 e. The van der Waals surface area contributed by atoms with E-state index in [9.17, 15) is 0 Å². The van der Waals surface area contributed by atoms with Crippen molar-refractivity contribution in [3.05, 3.63) is 18.1 Å². The van der Waals surface area contributed by atoms with E-state index >= 15 is 0 Å². The van der Waals surface area contributed by atoms with E-state index in [0.717, 1.165) is 50.7 Å². The Bertz CT molecular complexity index is 426. The third-order valence-electron chi connectivity index (χ3n) is 4.39. The molecule has 1 atom stereocenters. The number of piperazine rings is 1. The second-order valence-corrected chi connectivity index (χ2v) is 6.12. The van der Waals surface area contributed by atoms with Crippen molar-refractivity contribution in [3.8, 4) is 0 Å². The standard InChI is InChI=1S/C16H29N5/c1-4-14(5-6-17)20-7-9-21(10-8-20)16-11-15(13(2)3)18-12-19-16/h11-14H,4-10,17H2,1-3H3. The Kier molecular flexibility index (Phi) is 5.94. The molecular weight excluding hydrogens is 262 g/mol. The zero-order chi connectivity index (χ0) is 15.2. The third kappa shape index (κ3) is 4.14. The van der Waals surface area contributed by atoms with Crippen LogP contribution < -0.4 is 10.6 Å². The summed E-state index contributed by atoms with van der Waals surface area (Å²) < 4.78 is 0. The van der Waals surface area contributed by atoms with Crippen LogP contribution in [0.2, 0.25) is 0 Å². The number of hydrogen-bond acceptors (Lipinski definition) is 5. The van der Waals surface area contributed by atoms with Crippen LogP contribution in [0.5, 0.6) is 0 Å². The fourth-order valence-electron chi connectivity index (χ4n) is 3.00. The lowest BCUT2D eigenvalue weighted by atomic mass is 10.1. The molecule has 1 aliphatic heterocycles. The maximum absolute atomic E-state index is 5.72. The van der Waals surface area contributed by atoms with Gasteiger partial charge in [-0.25, -0.2) is 9.97 Å². The summed E-state index contributed by atoms with van der Waals surface area (Å²) in [5.74, 6) is 1.52. The van der Waals surface area contributed by atoms with Gasteiger partial charge in [0.05, 0.1) is 0 Å². The van der Waals surface area contributed by atoms with E-state index in [4.69, 9.17) is 5.73 Å². The van der Waals surface area contributed by atoms with E-state index in [-0.39, 0.29) is 0 Å². The topological polar surface area (TPSA) is 58.3 Å². The molecule has 0 saturated carbocycles. The van der Waals surface area contributed by atoms with Gasteiger partial charge in [0.25, 0.3) is 0 Å². The molecule has 5 heteroatoms. The summed E-state index contributed by atoms with van der Waals surface area (Å²) in [5.41, 5.74) is 6.84. The van der Waals surface area contributed by atoms with Crippen LogP contribution in [0.4, 0.5) is 5.82 Å². The van der Waals surface area contributed by atoms with Crippen LogP contribution >= 0.6 is 0 Å². The van der Waals surface area contributed by atoms with Gasteiger partial charge in [0.2, 0.25) is 0 Å². The van der Waals surface area contributed by atoms with Gasteiger partial charge in [0.15, 0.2) is 0 Å². The molecule has 118 valence electrons. The molecule has 1 fully saturated rings. The second kappa shape index (κ2) is 7.71. The first-order valence-electron chi connectivity index (χ1n) is 8.16. The molecular formula is C16H29N5. The van der Waals surface area contributed by atoms with Gasteiger partial charge in [0, 0.05) is 44.0 Å². The number of hydrogen-bond donors (Lipinski definition) is 1. The van der Waals surface area contributed by atoms with Gasteiger partial charge < -0.3 is 10.6 Å². The Morgan fingerprint density at radius 2 is 1.90 bits per heavy atom. The van der Waals surface area contributed by atoms with E-state index in [1.54, 1.807) is 6.33 Å². The molecule has 0 aromatic carbocycles. The zero-order valence-electron chi connectivity index (χ0n) is 13.6. The van der Waals surface area contributed by atoms with E-state index in [2.05, 4.69) is 46.6 Å². The van der Waals surface area contributed by atoms with E-state index in [0.29, 0.717) is 12.0 Å². The number of nitrogens with two attached hydrogens (primary N) is 1. The first-order chi connectivity index (χ1) is 10.2. The molecule has 1 aliphatic rings. The maximum atomic E-state index is 5.72. The summed E-state index contributed by atoms with van der Waals surface area (Å²) in [7, 11) is 0. The number of rotatable bonds is 6. The zero-order valence-corrected chi connectivity index (χ0v) is 13.6. The minimum absolute atomic E-state index is 0.446. The highest BCUT2D eigenvalue weighted by molar-refractivity contribution is 5.40. The predicted molar refractivity (Wildman–Crippen MR) is 87.7 cm³/mol. The summed E-state index contributed by atoms with van der Waals surface area (Å²) in [6, 6.07) is 2.77. The Morgan fingerprint density at radius 3 is 2.48 bits per heavy atom. The Morgan fingerprint density at radius 1 is 1.19 bits per heavy atom. The quantitative estimate of drug-likeness (QED) is 0.867. The molecule has 0 spiro atoms. The Hall–Kier alpha value is -1.20. The minimum atomic E-state index is 0.446. The van der Waals surface area contributed by atoms with Gasteiger partial charge in [-0.3, -0.25) is 4.90 Å². The largest absolute Gasteiger partial charge is 0.354 e. The van der Waals surface area contributed by atoms with Crippen molar-refractivity contribution in [1.29, 1.82) is 0 Å². The Balaban J connectivity index is 1.96. The average Bonchev–Trinajstić information content (AvgIpc) is 2.53. The van der Waals surface area contributed by atoms with Gasteiger partial charge in [-0.15, -0.1) is 0 Å². The molecule has 2 heterocycles. The summed E-state index contributed by atoms with van der Waals surface area (Å²) in [5, 5.41) is 0. The molecule has 0 bridgehead atoms. The van der Waals surface area contributed by atoms with Crippen molar-refractivity contribution in [2.45, 2.75) is 45.6 Å². The average molecular weight is 291 g/mol. The highest BCUT2D eigenvalue weighted by Crippen LogP contribution is 2.19. The number of nitrogens with zero attached hydrogens (tertiary/aromatic N) is 4. The van der Waals surface area contributed by atoms with Crippen LogP contribution in [0.15, 0.2) is 12.4 Å². The summed E-state index contributed by atoms with van der Waals surface area (Å²) in [6.45, 7) is 11.6. The first-order valence-corrected chi connectivity index (χ1v) is 8.16. The second-order valence-electron chi connectivity index (χ2n) is 6.12. The molecule has 1 aromatic rings. The fraction of sp³-hybridized carbons (Fsp3) is 0.750. The van der Waals surface area contributed by atoms with Crippen molar-refractivity contribution in [1.82, 2.24) is 14.9 Å². The van der Waals surface area contributed by atoms with Gasteiger partial charge in [0.1, 0.15) is 12.1 Å². The molecule has 0 aliphatic carbocycles. The summed E-state index contributed by atoms with van der Waals surface area (Å²) in [6.07, 6.45) is 3.98. The van der Waals surface area contributed by atoms with E-state index in [1.165, 1.54) is 6.42 Å². The third-order valence-corrected chi connectivity index (χ3v) is 4.39. The maximum Gasteiger partial charge on any atom is 0.132 e. The van der Waals surface area contributed by atoms with E-state index < -0.39 is 0 Å². The van der Waals surface area contributed by atoms with Crippen LogP contribution in [0.3, 0.4) is 0 Å². The normalized spacial score (nSPS) is 18.2.